The van der Waals surface area contributed by atoms with Gasteiger partial charge in [0.1, 0.15) is 37.3 Å². The van der Waals surface area contributed by atoms with Crippen LogP contribution in [0.5, 0.6) is 0 Å². The Balaban J connectivity index is 2.71. The molecule has 0 spiro atoms. The Morgan fingerprint density at radius 2 is 1.65 bits per heavy atom. The third-order valence-corrected chi connectivity index (χ3v) is 5.10. The molecule has 13 nitrogen and oxygen atoms in total. The van der Waals surface area contributed by atoms with Gasteiger partial charge in [-0.1, -0.05) is 0 Å². The van der Waals surface area contributed by atoms with E-state index in [1.165, 1.54) is 13.8 Å². The highest BCUT2D eigenvalue weighted by atomic mass is 16.7. The number of hydrogen-bond acceptors (Lipinski definition) is 11. The number of aromatic nitrogens is 2. The maximum atomic E-state index is 12.9. The Kier molecular flexibility index (Phi) is 13.6. The Bertz CT molecular complexity index is 914. The Morgan fingerprint density at radius 3 is 2.19 bits per heavy atom. The summed E-state index contributed by atoms with van der Waals surface area (Å²) in [4.78, 5) is 52.9. The first kappa shape index (κ1) is 31.2. The van der Waals surface area contributed by atoms with Gasteiger partial charge in [-0.15, -0.1) is 12.3 Å². The van der Waals surface area contributed by atoms with Crippen molar-refractivity contribution in [3.8, 4) is 12.3 Å². The molecular formula is C24H35N3O10. The number of imidazole rings is 1. The maximum absolute atomic E-state index is 12.9. The molecule has 2 N–H and O–H groups in total. The van der Waals surface area contributed by atoms with Crippen LogP contribution in [-0.4, -0.2) is 85.0 Å². The fraction of sp³-hybridized carbons (Fsp3) is 0.625. The summed E-state index contributed by atoms with van der Waals surface area (Å²) in [7, 11) is 0. The monoisotopic (exact) mass is 525 g/mol. The smallest absolute Gasteiger partial charge is 0.465 e. The van der Waals surface area contributed by atoms with Crippen LogP contribution in [0.1, 0.15) is 33.6 Å². The van der Waals surface area contributed by atoms with Gasteiger partial charge in [-0.25, -0.2) is 14.6 Å². The summed E-state index contributed by atoms with van der Waals surface area (Å²) >= 11 is 0. The lowest BCUT2D eigenvalue weighted by molar-refractivity contribution is -0.160. The van der Waals surface area contributed by atoms with Crippen LogP contribution in [0.3, 0.4) is 0 Å². The topological polar surface area (TPSA) is 165 Å². The highest BCUT2D eigenvalue weighted by Crippen LogP contribution is 2.21. The second-order valence-corrected chi connectivity index (χ2v) is 8.58. The third-order valence-electron chi connectivity index (χ3n) is 5.10. The zero-order chi connectivity index (χ0) is 27.7. The molecule has 2 unspecified atom stereocenters. The number of terminal acetylenes is 1. The molecule has 0 saturated carbocycles. The van der Waals surface area contributed by atoms with Crippen LogP contribution >= 0.6 is 0 Å². The van der Waals surface area contributed by atoms with E-state index >= 15 is 0 Å². The lowest BCUT2D eigenvalue weighted by Gasteiger charge is -2.28. The van der Waals surface area contributed by atoms with Gasteiger partial charge in [-0.3, -0.25) is 9.59 Å². The fourth-order valence-corrected chi connectivity index (χ4v) is 2.67. The van der Waals surface area contributed by atoms with Gasteiger partial charge in [0.2, 0.25) is 5.91 Å². The molecule has 206 valence electrons. The quantitative estimate of drug-likeness (QED) is 0.138. The molecule has 0 fully saturated rings. The van der Waals surface area contributed by atoms with E-state index in [9.17, 15) is 24.3 Å². The van der Waals surface area contributed by atoms with Gasteiger partial charge >= 0.3 is 18.3 Å². The van der Waals surface area contributed by atoms with Crippen molar-refractivity contribution in [2.45, 2.75) is 40.2 Å². The van der Waals surface area contributed by atoms with Gasteiger partial charge in [0, 0.05) is 31.9 Å². The lowest BCUT2D eigenvalue weighted by Crippen LogP contribution is -2.46. The number of carbonyl (C=O) groups is 4. The van der Waals surface area contributed by atoms with E-state index in [0.717, 1.165) is 0 Å². The number of amides is 1. The van der Waals surface area contributed by atoms with Crippen LogP contribution in [0.2, 0.25) is 0 Å². The number of nitrogens with one attached hydrogen (secondary N) is 1. The largest absolute Gasteiger partial charge is 0.508 e. The van der Waals surface area contributed by atoms with Crippen LogP contribution in [0.15, 0.2) is 18.7 Å². The predicted octanol–water partition coefficient (Wildman–Crippen LogP) is 1.29. The first-order valence-electron chi connectivity index (χ1n) is 11.6. The summed E-state index contributed by atoms with van der Waals surface area (Å²) < 4.78 is 26.6. The van der Waals surface area contributed by atoms with Crippen molar-refractivity contribution >= 4 is 24.2 Å². The highest BCUT2D eigenvalue weighted by molar-refractivity contribution is 5.83. The maximum Gasteiger partial charge on any atom is 0.508 e. The van der Waals surface area contributed by atoms with E-state index in [-0.39, 0.29) is 26.2 Å². The van der Waals surface area contributed by atoms with E-state index < -0.39 is 61.4 Å². The molecular weight excluding hydrogens is 490 g/mol. The minimum Gasteiger partial charge on any atom is -0.465 e. The first-order chi connectivity index (χ1) is 17.6. The summed E-state index contributed by atoms with van der Waals surface area (Å²) in [6, 6.07) is 0. The number of aryl methyl sites for hydroxylation is 1. The number of esters is 1. The number of hydrogen-bond donors (Lipinski definition) is 2. The van der Waals surface area contributed by atoms with Gasteiger partial charge in [-0.05, 0) is 27.2 Å². The van der Waals surface area contributed by atoms with Crippen molar-refractivity contribution in [3.63, 3.8) is 0 Å². The molecule has 0 aliphatic rings. The number of aliphatic hydroxyl groups is 1. The summed E-state index contributed by atoms with van der Waals surface area (Å²) in [5.74, 6) is 1.01. The van der Waals surface area contributed by atoms with Gasteiger partial charge in [0.25, 0.3) is 0 Å². The van der Waals surface area contributed by atoms with Gasteiger partial charge in [0.15, 0.2) is 0 Å². The zero-order valence-electron chi connectivity index (χ0n) is 21.4. The minimum absolute atomic E-state index is 0.0561. The third kappa shape index (κ3) is 11.2. The van der Waals surface area contributed by atoms with Crippen LogP contribution in [0.4, 0.5) is 9.59 Å². The number of rotatable bonds is 16. The SMILES string of the molecule is C#CCCOC(=O)OCC(C)(COC(=O)OCC(C)(CO)C(=O)OCC)C(=O)NCCCn1ccnc1. The average Bonchev–Trinajstić information content (AvgIpc) is 3.41. The van der Waals surface area contributed by atoms with Crippen molar-refractivity contribution in [1.82, 2.24) is 14.9 Å². The van der Waals surface area contributed by atoms with Crippen molar-refractivity contribution in [3.05, 3.63) is 18.7 Å². The second kappa shape index (κ2) is 16.1. The van der Waals surface area contributed by atoms with Crippen LogP contribution in [0, 0.1) is 23.2 Å². The summed E-state index contributed by atoms with van der Waals surface area (Å²) in [6.45, 7) is 3.17. The lowest BCUT2D eigenvalue weighted by atomic mass is 9.91. The van der Waals surface area contributed by atoms with E-state index in [1.54, 1.807) is 25.6 Å². The fourth-order valence-electron chi connectivity index (χ4n) is 2.67. The van der Waals surface area contributed by atoms with Crippen molar-refractivity contribution in [2.75, 3.05) is 46.2 Å². The Morgan fingerprint density at radius 1 is 1.03 bits per heavy atom. The molecule has 0 bridgehead atoms. The highest BCUT2D eigenvalue weighted by Gasteiger charge is 2.39. The normalized spacial score (nSPS) is 13.7. The molecule has 0 radical (unpaired) electrons. The molecule has 1 aromatic rings. The van der Waals surface area contributed by atoms with Gasteiger partial charge in [-0.2, -0.15) is 0 Å². The summed E-state index contributed by atoms with van der Waals surface area (Å²) in [6.07, 6.45) is 8.73. The van der Waals surface area contributed by atoms with Crippen molar-refractivity contribution < 1.29 is 48.0 Å². The van der Waals surface area contributed by atoms with E-state index in [2.05, 4.69) is 16.2 Å². The molecule has 37 heavy (non-hydrogen) atoms. The van der Waals surface area contributed by atoms with E-state index in [4.69, 9.17) is 30.1 Å². The minimum atomic E-state index is -1.50. The zero-order valence-corrected chi connectivity index (χ0v) is 21.4. The van der Waals surface area contributed by atoms with Gasteiger partial charge in [0.05, 0.1) is 19.5 Å². The van der Waals surface area contributed by atoms with Crippen LogP contribution in [0.25, 0.3) is 0 Å². The predicted molar refractivity (Wildman–Crippen MR) is 128 cm³/mol. The summed E-state index contributed by atoms with van der Waals surface area (Å²) in [5, 5.41) is 12.2. The van der Waals surface area contributed by atoms with Crippen LogP contribution < -0.4 is 5.32 Å². The Labute approximate surface area is 215 Å². The molecule has 0 aliphatic carbocycles. The van der Waals surface area contributed by atoms with E-state index in [1.807, 2.05) is 4.57 Å². The average molecular weight is 526 g/mol. The van der Waals surface area contributed by atoms with Crippen molar-refractivity contribution in [1.29, 1.82) is 0 Å². The number of carbonyl (C=O) groups excluding carboxylic acids is 4. The second-order valence-electron chi connectivity index (χ2n) is 8.58. The molecule has 1 heterocycles. The molecule has 2 atom stereocenters. The van der Waals surface area contributed by atoms with Crippen LogP contribution in [-0.2, 0) is 39.8 Å². The van der Waals surface area contributed by atoms with E-state index in [0.29, 0.717) is 13.0 Å². The standard InChI is InChI=1S/C24H35N3O10/c1-5-7-13-34-21(31)36-16-24(4,19(29)26-9-8-11-27-12-10-25-18-27)17-37-22(32)35-15-23(3,14-28)20(30)33-6-2/h1,10,12,18,28H,6-9,11,13-17H2,2-4H3,(H,26,29). The van der Waals surface area contributed by atoms with Crippen molar-refractivity contribution in [2.24, 2.45) is 10.8 Å². The molecule has 1 rings (SSSR count). The number of aliphatic hydroxyl groups excluding tert-OH is 1. The molecule has 0 aliphatic heterocycles. The summed E-state index contributed by atoms with van der Waals surface area (Å²) in [5.41, 5.74) is -2.99. The number of nitrogens with zero attached hydrogens (tertiary/aromatic N) is 2. The number of ether oxygens (including phenoxy) is 5. The molecule has 13 heteroatoms. The molecule has 1 amide bonds. The first-order valence-corrected chi connectivity index (χ1v) is 11.6. The molecule has 0 saturated heterocycles. The Hall–Kier alpha value is -3.79. The molecule has 1 aromatic heterocycles. The van der Waals surface area contributed by atoms with Gasteiger partial charge < -0.3 is 38.7 Å². The molecule has 0 aromatic carbocycles.